The minimum Gasteiger partial charge on any atom is -0.491 e. The van der Waals surface area contributed by atoms with Crippen molar-refractivity contribution in [2.24, 2.45) is 0 Å². The van der Waals surface area contributed by atoms with Crippen molar-refractivity contribution in [2.75, 3.05) is 26.4 Å². The van der Waals surface area contributed by atoms with Crippen molar-refractivity contribution in [3.05, 3.63) is 29.8 Å². The van der Waals surface area contributed by atoms with E-state index in [0.717, 1.165) is 19.4 Å². The fraction of sp³-hybridized carbons (Fsp3) is 0.500. The zero-order valence-electron chi connectivity index (χ0n) is 10.3. The predicted octanol–water partition coefficient (Wildman–Crippen LogP) is 2.13. The molecule has 1 aliphatic heterocycles. The Labute approximate surface area is 107 Å². The van der Waals surface area contributed by atoms with Crippen molar-refractivity contribution in [2.45, 2.75) is 18.9 Å². The number of hydrogen-bond donors (Lipinski definition) is 0. The first-order chi connectivity index (χ1) is 8.88. The molecule has 0 aliphatic carbocycles. The largest absolute Gasteiger partial charge is 0.491 e. The van der Waals surface area contributed by atoms with E-state index in [1.54, 1.807) is 18.2 Å². The Bertz CT molecular complexity index is 408. The number of ether oxygens (including phenoxy) is 3. The Morgan fingerprint density at radius 3 is 3.11 bits per heavy atom. The average molecular weight is 247 g/mol. The van der Waals surface area contributed by atoms with Crippen LogP contribution in [0.25, 0.3) is 0 Å². The molecule has 96 valence electrons. The zero-order chi connectivity index (χ0) is 12.6. The highest BCUT2D eigenvalue weighted by molar-refractivity contribution is 5.36. The average Bonchev–Trinajstić information content (AvgIpc) is 2.92. The Morgan fingerprint density at radius 2 is 2.33 bits per heavy atom. The van der Waals surface area contributed by atoms with Gasteiger partial charge in [0, 0.05) is 6.61 Å². The second-order valence-electron chi connectivity index (χ2n) is 4.20. The first-order valence-corrected chi connectivity index (χ1v) is 6.21. The van der Waals surface area contributed by atoms with Crippen LogP contribution in [0.5, 0.6) is 5.75 Å². The van der Waals surface area contributed by atoms with Gasteiger partial charge in [-0.25, -0.2) is 0 Å². The van der Waals surface area contributed by atoms with Gasteiger partial charge in [0.05, 0.1) is 31.0 Å². The Balaban J connectivity index is 1.61. The maximum Gasteiger partial charge on any atom is 0.120 e. The molecule has 1 aromatic carbocycles. The van der Waals surface area contributed by atoms with Gasteiger partial charge < -0.3 is 14.2 Å². The highest BCUT2D eigenvalue weighted by Crippen LogP contribution is 2.13. The highest BCUT2D eigenvalue weighted by Gasteiger charge is 2.14. The lowest BCUT2D eigenvalue weighted by Crippen LogP contribution is -2.17. The van der Waals surface area contributed by atoms with Gasteiger partial charge in [-0.15, -0.1) is 0 Å². The second kappa shape index (κ2) is 7.00. The molecule has 0 aromatic heterocycles. The van der Waals surface area contributed by atoms with Crippen molar-refractivity contribution in [1.82, 2.24) is 0 Å². The van der Waals surface area contributed by atoms with E-state index in [1.165, 1.54) is 0 Å². The molecule has 1 aliphatic rings. The van der Waals surface area contributed by atoms with Gasteiger partial charge in [0.25, 0.3) is 0 Å². The monoisotopic (exact) mass is 247 g/mol. The van der Waals surface area contributed by atoms with Gasteiger partial charge in [0.15, 0.2) is 0 Å². The van der Waals surface area contributed by atoms with E-state index in [2.05, 4.69) is 6.07 Å². The zero-order valence-corrected chi connectivity index (χ0v) is 10.3. The maximum absolute atomic E-state index is 8.75. The van der Waals surface area contributed by atoms with E-state index in [0.29, 0.717) is 31.1 Å². The third kappa shape index (κ3) is 4.02. The summed E-state index contributed by atoms with van der Waals surface area (Å²) in [5.74, 6) is 0.703. The Morgan fingerprint density at radius 1 is 1.39 bits per heavy atom. The van der Waals surface area contributed by atoms with Gasteiger partial charge in [-0.2, -0.15) is 5.26 Å². The molecular formula is C14H17NO3. The summed E-state index contributed by atoms with van der Waals surface area (Å²) in [5.41, 5.74) is 0.604. The van der Waals surface area contributed by atoms with Gasteiger partial charge in [0.2, 0.25) is 0 Å². The van der Waals surface area contributed by atoms with Crippen LogP contribution in [-0.2, 0) is 9.47 Å². The van der Waals surface area contributed by atoms with Crippen molar-refractivity contribution in [3.8, 4) is 11.8 Å². The van der Waals surface area contributed by atoms with Crippen LogP contribution in [0.15, 0.2) is 24.3 Å². The van der Waals surface area contributed by atoms with E-state index < -0.39 is 0 Å². The van der Waals surface area contributed by atoms with Crippen LogP contribution in [0.4, 0.5) is 0 Å². The molecule has 1 unspecified atom stereocenters. The van der Waals surface area contributed by atoms with Crippen LogP contribution in [-0.4, -0.2) is 32.5 Å². The lowest BCUT2D eigenvalue weighted by atomic mass is 10.2. The maximum atomic E-state index is 8.75. The van der Waals surface area contributed by atoms with E-state index in [-0.39, 0.29) is 6.10 Å². The minimum absolute atomic E-state index is 0.256. The fourth-order valence-electron chi connectivity index (χ4n) is 1.86. The van der Waals surface area contributed by atoms with E-state index in [4.69, 9.17) is 19.5 Å². The van der Waals surface area contributed by atoms with Crippen molar-refractivity contribution in [3.63, 3.8) is 0 Å². The molecule has 0 amide bonds. The van der Waals surface area contributed by atoms with Gasteiger partial charge in [-0.3, -0.25) is 0 Å². The smallest absolute Gasteiger partial charge is 0.120 e. The van der Waals surface area contributed by atoms with Crippen LogP contribution < -0.4 is 4.74 Å². The van der Waals surface area contributed by atoms with Crippen molar-refractivity contribution in [1.29, 1.82) is 5.26 Å². The fourth-order valence-corrected chi connectivity index (χ4v) is 1.86. The molecular weight excluding hydrogens is 230 g/mol. The summed E-state index contributed by atoms with van der Waals surface area (Å²) in [7, 11) is 0. The normalized spacial score (nSPS) is 18.5. The summed E-state index contributed by atoms with van der Waals surface area (Å²) in [5, 5.41) is 8.75. The summed E-state index contributed by atoms with van der Waals surface area (Å²) in [6.07, 6.45) is 2.48. The summed E-state index contributed by atoms with van der Waals surface area (Å²) in [4.78, 5) is 0. The first kappa shape index (κ1) is 12.9. The molecule has 2 rings (SSSR count). The van der Waals surface area contributed by atoms with Crippen LogP contribution in [0.2, 0.25) is 0 Å². The topological polar surface area (TPSA) is 51.5 Å². The molecule has 1 saturated heterocycles. The number of nitrogens with zero attached hydrogens (tertiary/aromatic N) is 1. The molecule has 0 spiro atoms. The van der Waals surface area contributed by atoms with Crippen molar-refractivity contribution < 1.29 is 14.2 Å². The van der Waals surface area contributed by atoms with Gasteiger partial charge in [-0.1, -0.05) is 6.07 Å². The number of nitriles is 1. The summed E-state index contributed by atoms with van der Waals surface area (Å²) in [6.45, 7) is 2.52. The van der Waals surface area contributed by atoms with E-state index >= 15 is 0 Å². The quantitative estimate of drug-likeness (QED) is 0.723. The summed E-state index contributed by atoms with van der Waals surface area (Å²) < 4.78 is 16.4. The molecule has 1 atom stereocenters. The minimum atomic E-state index is 0.256. The van der Waals surface area contributed by atoms with Crippen LogP contribution in [0.1, 0.15) is 18.4 Å². The third-order valence-corrected chi connectivity index (χ3v) is 2.79. The van der Waals surface area contributed by atoms with Gasteiger partial charge in [-0.05, 0) is 31.0 Å². The number of benzene rings is 1. The Kier molecular flexibility index (Phi) is 5.00. The molecule has 0 bridgehead atoms. The van der Waals surface area contributed by atoms with Crippen LogP contribution in [0, 0.1) is 11.3 Å². The van der Waals surface area contributed by atoms with Crippen molar-refractivity contribution >= 4 is 0 Å². The SMILES string of the molecule is N#Cc1cccc(OCCOCC2CCCO2)c1. The summed E-state index contributed by atoms with van der Waals surface area (Å²) >= 11 is 0. The molecule has 1 fully saturated rings. The third-order valence-electron chi connectivity index (χ3n) is 2.79. The molecule has 4 heteroatoms. The van der Waals surface area contributed by atoms with Crippen LogP contribution >= 0.6 is 0 Å². The molecule has 0 N–H and O–H groups in total. The highest BCUT2D eigenvalue weighted by atomic mass is 16.5. The van der Waals surface area contributed by atoms with Gasteiger partial charge in [0.1, 0.15) is 12.4 Å². The predicted molar refractivity (Wildman–Crippen MR) is 66.4 cm³/mol. The molecule has 0 radical (unpaired) electrons. The molecule has 4 nitrogen and oxygen atoms in total. The lowest BCUT2D eigenvalue weighted by Gasteiger charge is -2.10. The second-order valence-corrected chi connectivity index (χ2v) is 4.20. The molecule has 1 heterocycles. The Hall–Kier alpha value is -1.57. The number of rotatable bonds is 6. The number of hydrogen-bond acceptors (Lipinski definition) is 4. The van der Waals surface area contributed by atoms with E-state index in [1.807, 2.05) is 6.07 Å². The van der Waals surface area contributed by atoms with Crippen LogP contribution in [0.3, 0.4) is 0 Å². The summed E-state index contributed by atoms with van der Waals surface area (Å²) in [6, 6.07) is 9.19. The first-order valence-electron chi connectivity index (χ1n) is 6.21. The lowest BCUT2D eigenvalue weighted by molar-refractivity contribution is 0.00853. The molecule has 18 heavy (non-hydrogen) atoms. The molecule has 1 aromatic rings. The van der Waals surface area contributed by atoms with Gasteiger partial charge >= 0.3 is 0 Å². The standard InChI is InChI=1S/C14H17NO3/c15-10-12-3-1-4-13(9-12)18-8-7-16-11-14-5-2-6-17-14/h1,3-4,9,14H,2,5-8,11H2. The molecule has 0 saturated carbocycles. The van der Waals surface area contributed by atoms with E-state index in [9.17, 15) is 0 Å².